The summed E-state index contributed by atoms with van der Waals surface area (Å²) in [5.74, 6) is 0. The molecule has 0 aliphatic rings. The highest BCUT2D eigenvalue weighted by molar-refractivity contribution is 7.98. The monoisotopic (exact) mass is 554 g/mol. The lowest BCUT2D eigenvalue weighted by Gasteiger charge is -2.11. The summed E-state index contributed by atoms with van der Waals surface area (Å²) >= 11 is 1.30. The van der Waals surface area contributed by atoms with E-state index in [1.54, 1.807) is 17.5 Å². The third-order valence-corrected chi connectivity index (χ3v) is 7.78. The maximum atomic E-state index is 13.1. The van der Waals surface area contributed by atoms with Gasteiger partial charge in [-0.3, -0.25) is 0 Å². The van der Waals surface area contributed by atoms with Gasteiger partial charge in [-0.05, 0) is 35.7 Å². The number of halogens is 9. The van der Waals surface area contributed by atoms with Crippen molar-refractivity contribution in [2.75, 3.05) is 0 Å². The lowest BCUT2D eigenvalue weighted by Crippen LogP contribution is -2.21. The van der Waals surface area contributed by atoms with Crippen LogP contribution in [-0.2, 0) is 33.4 Å². The highest BCUT2D eigenvalue weighted by Crippen LogP contribution is 2.39. The summed E-state index contributed by atoms with van der Waals surface area (Å²) in [7, 11) is -7.15. The van der Waals surface area contributed by atoms with Crippen LogP contribution in [0, 0.1) is 0 Å². The van der Waals surface area contributed by atoms with Gasteiger partial charge in [-0.25, -0.2) is 8.42 Å². The molecule has 0 aliphatic carbocycles. The topological polar surface area (TPSA) is 57.2 Å². The smallest absolute Gasteiger partial charge is 0.485 e. The quantitative estimate of drug-likeness (QED) is 0.153. The summed E-state index contributed by atoms with van der Waals surface area (Å²) in [6.45, 7) is 0. The predicted molar refractivity (Wildman–Crippen MR) is 105 cm³/mol. The third kappa shape index (κ3) is 7.38. The molecular weight excluding hydrogens is 543 g/mol. The van der Waals surface area contributed by atoms with Crippen LogP contribution in [0.4, 0.5) is 39.5 Å². The Morgan fingerprint density at radius 1 is 0.706 bits per heavy atom. The molecule has 0 fully saturated rings. The molecule has 0 unspecified atom stereocenters. The van der Waals surface area contributed by atoms with Crippen LogP contribution in [0.5, 0.6) is 0 Å². The van der Waals surface area contributed by atoms with Crippen LogP contribution in [0.3, 0.4) is 0 Å². The molecule has 0 amide bonds. The molecule has 1 heterocycles. The van der Waals surface area contributed by atoms with Crippen molar-refractivity contribution >= 4 is 32.3 Å². The number of hydrogen-bond acceptors (Lipinski definition) is 4. The van der Waals surface area contributed by atoms with Crippen LogP contribution < -0.4 is 0 Å². The first kappa shape index (κ1) is 28.0. The van der Waals surface area contributed by atoms with E-state index in [9.17, 15) is 39.5 Å². The van der Waals surface area contributed by atoms with Crippen molar-refractivity contribution in [3.63, 3.8) is 0 Å². The molecule has 0 aliphatic heterocycles. The van der Waals surface area contributed by atoms with Crippen LogP contribution >= 0.6 is 11.3 Å². The summed E-state index contributed by atoms with van der Waals surface area (Å²) in [6.07, 6.45) is -9.04. The zero-order valence-electron chi connectivity index (χ0n) is 16.2. The van der Waals surface area contributed by atoms with Crippen LogP contribution in [0.1, 0.15) is 11.1 Å². The van der Waals surface area contributed by atoms with Crippen molar-refractivity contribution in [1.82, 2.24) is 0 Å². The molecule has 186 valence electrons. The average molecular weight is 554 g/mol. The molecule has 0 saturated carbocycles. The van der Waals surface area contributed by atoms with Crippen molar-refractivity contribution in [3.8, 4) is 0 Å². The van der Waals surface area contributed by atoms with Crippen LogP contribution in [0.25, 0.3) is 0 Å². The largest absolute Gasteiger partial charge is 0.741 e. The Morgan fingerprint density at radius 3 is 1.41 bits per heavy atom. The second-order valence-corrected chi connectivity index (χ2v) is 10.8. The van der Waals surface area contributed by atoms with E-state index in [-0.39, 0.29) is 0 Å². The Labute approximate surface area is 193 Å². The van der Waals surface area contributed by atoms with Gasteiger partial charge in [0.25, 0.3) is 0 Å². The molecule has 3 aromatic rings. The minimum Gasteiger partial charge on any atom is -0.741 e. The minimum absolute atomic E-state index is 0.321. The lowest BCUT2D eigenvalue weighted by molar-refractivity contribution is -0.138. The van der Waals surface area contributed by atoms with Gasteiger partial charge in [0.15, 0.2) is 19.9 Å². The molecule has 15 heteroatoms. The summed E-state index contributed by atoms with van der Waals surface area (Å²) in [5, 5.41) is 1.75. The molecule has 0 atom stereocenters. The second kappa shape index (κ2) is 10.2. The van der Waals surface area contributed by atoms with E-state index in [0.717, 1.165) is 24.3 Å². The van der Waals surface area contributed by atoms with Crippen molar-refractivity contribution in [1.29, 1.82) is 0 Å². The molecule has 0 spiro atoms. The fourth-order valence-corrected chi connectivity index (χ4v) is 5.79. The average Bonchev–Trinajstić information content (AvgIpc) is 3.21. The van der Waals surface area contributed by atoms with Gasteiger partial charge in [-0.1, -0.05) is 23.5 Å². The Hall–Kier alpha value is -2.23. The number of thiophene rings is 1. The van der Waals surface area contributed by atoms with E-state index in [0.29, 0.717) is 14.0 Å². The van der Waals surface area contributed by atoms with E-state index >= 15 is 0 Å². The van der Waals surface area contributed by atoms with E-state index in [4.69, 9.17) is 13.0 Å². The van der Waals surface area contributed by atoms with Crippen LogP contribution in [-0.4, -0.2) is 18.5 Å². The van der Waals surface area contributed by atoms with Gasteiger partial charge in [0.2, 0.25) is 4.21 Å². The summed E-state index contributed by atoms with van der Waals surface area (Å²) < 4.78 is 138. The Balaban J connectivity index is 0.000000440. The normalized spacial score (nSPS) is 12.9. The van der Waals surface area contributed by atoms with Gasteiger partial charge in [-0.2, -0.15) is 39.5 Å². The highest BCUT2D eigenvalue weighted by atomic mass is 32.2. The van der Waals surface area contributed by atoms with Gasteiger partial charge in [0, 0.05) is 18.2 Å². The summed E-state index contributed by atoms with van der Waals surface area (Å²) in [4.78, 5) is 0.642. The Kier molecular flexibility index (Phi) is 8.38. The molecule has 3 nitrogen and oxygen atoms in total. The minimum atomic E-state index is -6.09. The molecule has 0 radical (unpaired) electrons. The van der Waals surface area contributed by atoms with Crippen molar-refractivity contribution in [2.45, 2.75) is 31.9 Å². The van der Waals surface area contributed by atoms with Crippen molar-refractivity contribution in [3.05, 3.63) is 77.2 Å². The first-order valence-electron chi connectivity index (χ1n) is 8.56. The van der Waals surface area contributed by atoms with Crippen LogP contribution in [0.15, 0.2) is 80.0 Å². The first-order chi connectivity index (χ1) is 15.4. The van der Waals surface area contributed by atoms with Crippen molar-refractivity contribution in [2.24, 2.45) is 0 Å². The van der Waals surface area contributed by atoms with E-state index < -0.39 is 50.0 Å². The molecule has 0 bridgehead atoms. The number of rotatable bonds is 3. The van der Waals surface area contributed by atoms with Crippen molar-refractivity contribution < 1.29 is 52.5 Å². The molecule has 34 heavy (non-hydrogen) atoms. The second-order valence-electron chi connectivity index (χ2n) is 6.19. The predicted octanol–water partition coefficient (Wildman–Crippen LogP) is 6.93. The fraction of sp³-hybridized carbons (Fsp3) is 0.158. The lowest BCUT2D eigenvalue weighted by atomic mass is 10.2. The first-order valence-corrected chi connectivity index (χ1v) is 12.1. The number of benzene rings is 2. The molecule has 0 saturated heterocycles. The van der Waals surface area contributed by atoms with Gasteiger partial charge < -0.3 is 4.55 Å². The fourth-order valence-electron chi connectivity index (χ4n) is 2.35. The standard InChI is InChI=1S/C18H11F6S2.CHF3O3S/c19-17(20,21)12-4-1-6-14(10-12)26(16-8-3-9-25-16)15-7-2-5-13(11-15)18(22,23)24;2-1(3,4)8(5,6)7/h1-11H;(H,5,6,7)/q+1;/p-1. The zero-order chi connectivity index (χ0) is 25.9. The van der Waals surface area contributed by atoms with Gasteiger partial charge in [0.1, 0.15) is 10.9 Å². The number of hydrogen-bond donors (Lipinski definition) is 0. The highest BCUT2D eigenvalue weighted by Gasteiger charge is 2.38. The van der Waals surface area contributed by atoms with Gasteiger partial charge in [-0.15, -0.1) is 0 Å². The number of alkyl halides is 9. The molecule has 3 rings (SSSR count). The SMILES string of the molecule is FC(F)(F)c1cccc([S+](c2cccc(C(F)(F)F)c2)c2cccs2)c1.O=S(=O)([O-])C(F)(F)F. The molecular formula is C19H11F9O3S3. The van der Waals surface area contributed by atoms with E-state index in [1.807, 2.05) is 0 Å². The molecule has 2 aromatic carbocycles. The third-order valence-electron chi connectivity index (χ3n) is 3.77. The van der Waals surface area contributed by atoms with Gasteiger partial charge >= 0.3 is 17.9 Å². The maximum Gasteiger partial charge on any atom is 0.485 e. The van der Waals surface area contributed by atoms with Crippen LogP contribution in [0.2, 0.25) is 0 Å². The summed E-state index contributed by atoms with van der Waals surface area (Å²) in [5.41, 5.74) is -7.29. The van der Waals surface area contributed by atoms with Gasteiger partial charge in [0.05, 0.1) is 11.1 Å². The summed E-state index contributed by atoms with van der Waals surface area (Å²) in [6, 6.07) is 12.9. The molecule has 1 aromatic heterocycles. The molecule has 0 N–H and O–H groups in total. The maximum absolute atomic E-state index is 13.1. The Bertz CT molecular complexity index is 1140. The Morgan fingerprint density at radius 2 is 1.12 bits per heavy atom. The van der Waals surface area contributed by atoms with E-state index in [2.05, 4.69) is 0 Å². The van der Waals surface area contributed by atoms with E-state index in [1.165, 1.54) is 35.6 Å². The zero-order valence-corrected chi connectivity index (χ0v) is 18.7.